The first-order valence-electron chi connectivity index (χ1n) is 6.77. The predicted octanol–water partition coefficient (Wildman–Crippen LogP) is 1.05. The molecule has 25 heavy (non-hydrogen) atoms. The summed E-state index contributed by atoms with van der Waals surface area (Å²) in [6.45, 7) is -0.641. The van der Waals surface area contributed by atoms with Gasteiger partial charge in [0.05, 0.1) is 13.2 Å². The molecular formula is C14H12F3N3O4S. The molecule has 0 aliphatic carbocycles. The summed E-state index contributed by atoms with van der Waals surface area (Å²) in [4.78, 5) is 35.4. The van der Waals surface area contributed by atoms with Crippen molar-refractivity contribution in [2.75, 3.05) is 18.5 Å². The summed E-state index contributed by atoms with van der Waals surface area (Å²) in [7, 11) is 0. The number of alkyl halides is 3. The standard InChI is InChI=1S/C14H12F3N3O4S/c15-14(16,17)25-9-4-7(12(18)23)3-8(5-9)19-10-6-11(22)20(1-2-21)13(10)24/h3-6,19,21H,1-2H2,(H2,18,23). The van der Waals surface area contributed by atoms with Crippen LogP contribution in [0.4, 0.5) is 18.9 Å². The number of hydrogen-bond acceptors (Lipinski definition) is 6. The number of anilines is 1. The quantitative estimate of drug-likeness (QED) is 0.506. The third-order valence-electron chi connectivity index (χ3n) is 3.04. The summed E-state index contributed by atoms with van der Waals surface area (Å²) in [6.07, 6.45) is 0.950. The second kappa shape index (κ2) is 7.15. The van der Waals surface area contributed by atoms with Gasteiger partial charge in [0, 0.05) is 22.2 Å². The molecule has 11 heteroatoms. The van der Waals surface area contributed by atoms with Crippen molar-refractivity contribution in [1.29, 1.82) is 0 Å². The average Bonchev–Trinajstić information content (AvgIpc) is 2.73. The molecule has 4 N–H and O–H groups in total. The fourth-order valence-electron chi connectivity index (χ4n) is 2.07. The number of imide groups is 1. The number of aliphatic hydroxyl groups excluding tert-OH is 1. The number of halogens is 3. The molecule has 0 fully saturated rings. The van der Waals surface area contributed by atoms with Gasteiger partial charge in [-0.1, -0.05) is 0 Å². The number of carbonyl (C=O) groups is 3. The van der Waals surface area contributed by atoms with Gasteiger partial charge in [0.25, 0.3) is 11.8 Å². The summed E-state index contributed by atoms with van der Waals surface area (Å²) in [5, 5.41) is 11.3. The van der Waals surface area contributed by atoms with E-state index in [1.54, 1.807) is 0 Å². The molecule has 0 aromatic heterocycles. The van der Waals surface area contributed by atoms with Crippen LogP contribution in [0.25, 0.3) is 0 Å². The molecular weight excluding hydrogens is 363 g/mol. The zero-order chi connectivity index (χ0) is 18.8. The Balaban J connectivity index is 2.30. The van der Waals surface area contributed by atoms with Gasteiger partial charge in [-0.3, -0.25) is 19.3 Å². The lowest BCUT2D eigenvalue weighted by molar-refractivity contribution is -0.137. The Hall–Kier alpha value is -2.53. The minimum absolute atomic E-state index is 0.0127. The Morgan fingerprint density at radius 3 is 2.52 bits per heavy atom. The van der Waals surface area contributed by atoms with Gasteiger partial charge in [0.15, 0.2) is 0 Å². The van der Waals surface area contributed by atoms with Crippen LogP contribution in [0.15, 0.2) is 34.9 Å². The maximum atomic E-state index is 12.5. The topological polar surface area (TPSA) is 113 Å². The predicted molar refractivity (Wildman–Crippen MR) is 82.4 cm³/mol. The van der Waals surface area contributed by atoms with Crippen molar-refractivity contribution in [2.45, 2.75) is 10.4 Å². The first-order chi connectivity index (χ1) is 11.6. The minimum Gasteiger partial charge on any atom is -0.395 e. The zero-order valence-corrected chi connectivity index (χ0v) is 13.3. The van der Waals surface area contributed by atoms with Crippen molar-refractivity contribution in [3.05, 3.63) is 35.5 Å². The number of primary amides is 1. The second-order valence-corrected chi connectivity index (χ2v) is 6.00. The van der Waals surface area contributed by atoms with Gasteiger partial charge in [0.1, 0.15) is 5.70 Å². The van der Waals surface area contributed by atoms with Crippen molar-refractivity contribution < 1.29 is 32.7 Å². The maximum Gasteiger partial charge on any atom is 0.446 e. The van der Waals surface area contributed by atoms with Crippen LogP contribution in [0.2, 0.25) is 0 Å². The van der Waals surface area contributed by atoms with Crippen LogP contribution in [-0.2, 0) is 9.59 Å². The minimum atomic E-state index is -4.58. The number of carbonyl (C=O) groups excluding carboxylic acids is 3. The van der Waals surface area contributed by atoms with Crippen LogP contribution >= 0.6 is 11.8 Å². The summed E-state index contributed by atoms with van der Waals surface area (Å²) in [6, 6.07) is 3.20. The zero-order valence-electron chi connectivity index (χ0n) is 12.5. The van der Waals surface area contributed by atoms with Crippen molar-refractivity contribution in [1.82, 2.24) is 4.90 Å². The lowest BCUT2D eigenvalue weighted by atomic mass is 10.2. The van der Waals surface area contributed by atoms with Crippen molar-refractivity contribution in [3.63, 3.8) is 0 Å². The van der Waals surface area contributed by atoms with Crippen LogP contribution in [0, 0.1) is 0 Å². The SMILES string of the molecule is NC(=O)c1cc(NC2=CC(=O)N(CCO)C2=O)cc(SC(F)(F)F)c1. The molecule has 2 rings (SSSR count). The van der Waals surface area contributed by atoms with Crippen LogP contribution in [0.1, 0.15) is 10.4 Å². The number of benzene rings is 1. The third-order valence-corrected chi connectivity index (χ3v) is 3.74. The summed E-state index contributed by atoms with van der Waals surface area (Å²) >= 11 is -0.448. The van der Waals surface area contributed by atoms with E-state index in [0.29, 0.717) is 0 Å². The monoisotopic (exact) mass is 375 g/mol. The molecule has 1 aromatic rings. The number of nitrogens with zero attached hydrogens (tertiary/aromatic N) is 1. The van der Waals surface area contributed by atoms with E-state index in [2.05, 4.69) is 5.32 Å². The highest BCUT2D eigenvalue weighted by molar-refractivity contribution is 8.00. The van der Waals surface area contributed by atoms with E-state index < -0.39 is 41.6 Å². The Morgan fingerprint density at radius 1 is 1.28 bits per heavy atom. The van der Waals surface area contributed by atoms with E-state index in [1.165, 1.54) is 0 Å². The van der Waals surface area contributed by atoms with E-state index >= 15 is 0 Å². The second-order valence-electron chi connectivity index (χ2n) is 4.86. The molecule has 3 amide bonds. The summed E-state index contributed by atoms with van der Waals surface area (Å²) in [5.74, 6) is -2.36. The van der Waals surface area contributed by atoms with Gasteiger partial charge in [-0.2, -0.15) is 13.2 Å². The molecule has 0 atom stereocenters. The lowest BCUT2D eigenvalue weighted by Gasteiger charge is -2.14. The van der Waals surface area contributed by atoms with E-state index in [4.69, 9.17) is 10.8 Å². The Morgan fingerprint density at radius 2 is 1.96 bits per heavy atom. The number of rotatable bonds is 6. The smallest absolute Gasteiger partial charge is 0.395 e. The molecule has 0 unspecified atom stereocenters. The fourth-order valence-corrected chi connectivity index (χ4v) is 2.71. The number of aliphatic hydroxyl groups is 1. The number of nitrogens with one attached hydrogen (secondary N) is 1. The Kier molecular flexibility index (Phi) is 5.38. The van der Waals surface area contributed by atoms with Crippen LogP contribution in [0.3, 0.4) is 0 Å². The van der Waals surface area contributed by atoms with E-state index in [0.717, 1.165) is 29.2 Å². The molecule has 0 bridgehead atoms. The van der Waals surface area contributed by atoms with Gasteiger partial charge in [-0.05, 0) is 30.0 Å². The average molecular weight is 375 g/mol. The molecule has 1 aliphatic heterocycles. The van der Waals surface area contributed by atoms with Crippen LogP contribution in [-0.4, -0.2) is 46.4 Å². The van der Waals surface area contributed by atoms with Crippen molar-refractivity contribution >= 4 is 35.2 Å². The van der Waals surface area contributed by atoms with Crippen LogP contribution < -0.4 is 11.1 Å². The molecule has 7 nitrogen and oxygen atoms in total. The normalized spacial score (nSPS) is 14.7. The maximum absolute atomic E-state index is 12.5. The molecule has 1 aliphatic rings. The molecule has 0 saturated heterocycles. The van der Waals surface area contributed by atoms with Crippen LogP contribution in [0.5, 0.6) is 0 Å². The highest BCUT2D eigenvalue weighted by atomic mass is 32.2. The Bertz CT molecular complexity index is 764. The first-order valence-corrected chi connectivity index (χ1v) is 7.58. The highest BCUT2D eigenvalue weighted by Gasteiger charge is 2.32. The molecule has 0 radical (unpaired) electrons. The molecule has 0 spiro atoms. The molecule has 1 aromatic carbocycles. The van der Waals surface area contributed by atoms with E-state index in [1.807, 2.05) is 0 Å². The number of β-amino-alcohol motifs (C(OH)–C–C–N with tert-alkyl or cyclic N) is 1. The first kappa shape index (κ1) is 18.8. The fraction of sp³-hybridized carbons (Fsp3) is 0.214. The number of nitrogens with two attached hydrogens (primary N) is 1. The van der Waals surface area contributed by atoms with Crippen molar-refractivity contribution in [2.24, 2.45) is 5.73 Å². The van der Waals surface area contributed by atoms with Crippen molar-refractivity contribution in [3.8, 4) is 0 Å². The molecule has 134 valence electrons. The van der Waals surface area contributed by atoms with Gasteiger partial charge in [0.2, 0.25) is 5.91 Å². The Labute approximate surface area is 143 Å². The summed E-state index contributed by atoms with van der Waals surface area (Å²) in [5.41, 5.74) is 0.128. The summed E-state index contributed by atoms with van der Waals surface area (Å²) < 4.78 is 37.6. The van der Waals surface area contributed by atoms with Gasteiger partial charge in [-0.25, -0.2) is 0 Å². The number of hydrogen-bond donors (Lipinski definition) is 3. The number of thioether (sulfide) groups is 1. The molecule has 0 saturated carbocycles. The number of amides is 3. The molecule has 1 heterocycles. The largest absolute Gasteiger partial charge is 0.446 e. The highest BCUT2D eigenvalue weighted by Crippen LogP contribution is 2.38. The lowest BCUT2D eigenvalue weighted by Crippen LogP contribution is -2.34. The third kappa shape index (κ3) is 4.73. The van der Waals surface area contributed by atoms with E-state index in [9.17, 15) is 27.6 Å². The van der Waals surface area contributed by atoms with Gasteiger partial charge in [-0.15, -0.1) is 0 Å². The van der Waals surface area contributed by atoms with E-state index in [-0.39, 0.29) is 28.4 Å². The van der Waals surface area contributed by atoms with Gasteiger partial charge < -0.3 is 16.2 Å². The van der Waals surface area contributed by atoms with Gasteiger partial charge >= 0.3 is 5.51 Å².